The van der Waals surface area contributed by atoms with Gasteiger partial charge in [0.2, 0.25) is 5.91 Å². The highest BCUT2D eigenvalue weighted by Crippen LogP contribution is 2.19. The van der Waals surface area contributed by atoms with Gasteiger partial charge in [0.25, 0.3) is 0 Å². The Morgan fingerprint density at radius 1 is 1.21 bits per heavy atom. The van der Waals surface area contributed by atoms with Gasteiger partial charge in [-0.15, -0.1) is 0 Å². The fourth-order valence-electron chi connectivity index (χ4n) is 2.59. The van der Waals surface area contributed by atoms with Crippen LogP contribution in [-0.2, 0) is 11.2 Å². The molecule has 0 unspecified atom stereocenters. The number of amides is 1. The molecule has 2 rings (SSSR count). The summed E-state index contributed by atoms with van der Waals surface area (Å²) < 4.78 is 5.40. The van der Waals surface area contributed by atoms with Crippen molar-refractivity contribution in [3.8, 4) is 11.3 Å². The van der Waals surface area contributed by atoms with Crippen molar-refractivity contribution in [1.82, 2.24) is 10.1 Å². The Morgan fingerprint density at radius 3 is 2.58 bits per heavy atom. The fraction of sp³-hybridized carbons (Fsp3) is 0.474. The zero-order valence-corrected chi connectivity index (χ0v) is 14.8. The van der Waals surface area contributed by atoms with E-state index >= 15 is 0 Å². The molecule has 1 aromatic heterocycles. The van der Waals surface area contributed by atoms with Crippen LogP contribution in [0.1, 0.15) is 38.9 Å². The zero-order valence-electron chi connectivity index (χ0n) is 14.8. The molecule has 1 aromatic carbocycles. The third-order valence-corrected chi connectivity index (χ3v) is 3.94. The highest BCUT2D eigenvalue weighted by Gasteiger charge is 2.24. The summed E-state index contributed by atoms with van der Waals surface area (Å²) in [6.45, 7) is 4.20. The number of hydrogen-bond donors (Lipinski definition) is 1. The highest BCUT2D eigenvalue weighted by molar-refractivity contribution is 5.84. The average Bonchev–Trinajstić information content (AvgIpc) is 3.02. The maximum absolute atomic E-state index is 12.0. The quantitative estimate of drug-likeness (QED) is 0.755. The van der Waals surface area contributed by atoms with E-state index in [1.54, 1.807) is 25.8 Å². The van der Waals surface area contributed by atoms with E-state index < -0.39 is 5.54 Å². The second kappa shape index (κ2) is 8.11. The standard InChI is InChI=1S/C19H27N3O2/c1-19(2,20)18(23)22(3)13-9-5-8-12-16-14-17(21-24-16)15-10-6-4-7-11-15/h4,6-7,10-11,14H,5,8-9,12-13,20H2,1-3H3. The molecular weight excluding hydrogens is 302 g/mol. The first-order valence-corrected chi connectivity index (χ1v) is 8.43. The molecule has 5 nitrogen and oxygen atoms in total. The van der Waals surface area contributed by atoms with Gasteiger partial charge in [-0.2, -0.15) is 0 Å². The Labute approximate surface area is 143 Å². The fourth-order valence-corrected chi connectivity index (χ4v) is 2.59. The van der Waals surface area contributed by atoms with Gasteiger partial charge in [-0.1, -0.05) is 41.9 Å². The number of carbonyl (C=O) groups excluding carboxylic acids is 1. The molecular formula is C19H27N3O2. The van der Waals surface area contributed by atoms with E-state index in [9.17, 15) is 4.79 Å². The molecule has 1 amide bonds. The van der Waals surface area contributed by atoms with Crippen molar-refractivity contribution in [2.24, 2.45) is 5.73 Å². The largest absolute Gasteiger partial charge is 0.361 e. The topological polar surface area (TPSA) is 72.4 Å². The molecule has 0 radical (unpaired) electrons. The molecule has 2 aromatic rings. The van der Waals surface area contributed by atoms with Crippen LogP contribution in [0.25, 0.3) is 11.3 Å². The van der Waals surface area contributed by atoms with E-state index in [0.717, 1.165) is 49.2 Å². The lowest BCUT2D eigenvalue weighted by Crippen LogP contribution is -2.49. The summed E-state index contributed by atoms with van der Waals surface area (Å²) >= 11 is 0. The van der Waals surface area contributed by atoms with Crippen LogP contribution in [0.2, 0.25) is 0 Å². The van der Waals surface area contributed by atoms with Gasteiger partial charge < -0.3 is 15.2 Å². The second-order valence-corrected chi connectivity index (χ2v) is 6.80. The van der Waals surface area contributed by atoms with E-state index in [2.05, 4.69) is 5.16 Å². The van der Waals surface area contributed by atoms with Crippen molar-refractivity contribution >= 4 is 5.91 Å². The minimum Gasteiger partial charge on any atom is -0.361 e. The molecule has 2 N–H and O–H groups in total. The number of nitrogens with zero attached hydrogens (tertiary/aromatic N) is 2. The van der Waals surface area contributed by atoms with E-state index in [1.165, 1.54) is 0 Å². The first-order chi connectivity index (χ1) is 11.4. The van der Waals surface area contributed by atoms with Crippen molar-refractivity contribution in [3.63, 3.8) is 0 Å². The first-order valence-electron chi connectivity index (χ1n) is 8.43. The van der Waals surface area contributed by atoms with Crippen LogP contribution in [0.3, 0.4) is 0 Å². The third-order valence-electron chi connectivity index (χ3n) is 3.94. The number of likely N-dealkylation sites (N-methyl/N-ethyl adjacent to an activating group) is 1. The Bertz CT molecular complexity index is 644. The minimum absolute atomic E-state index is 0.0229. The number of rotatable bonds is 8. The second-order valence-electron chi connectivity index (χ2n) is 6.80. The molecule has 0 saturated heterocycles. The summed E-state index contributed by atoms with van der Waals surface area (Å²) in [4.78, 5) is 13.7. The summed E-state index contributed by atoms with van der Waals surface area (Å²) in [6, 6.07) is 12.0. The Kier molecular flexibility index (Phi) is 6.15. The Morgan fingerprint density at radius 2 is 1.92 bits per heavy atom. The summed E-state index contributed by atoms with van der Waals surface area (Å²) in [6.07, 6.45) is 3.86. The average molecular weight is 329 g/mol. The minimum atomic E-state index is -0.803. The lowest BCUT2D eigenvalue weighted by molar-refractivity contribution is -0.134. The lowest BCUT2D eigenvalue weighted by atomic mass is 10.1. The van der Waals surface area contributed by atoms with Crippen molar-refractivity contribution < 1.29 is 9.32 Å². The van der Waals surface area contributed by atoms with Crippen LogP contribution >= 0.6 is 0 Å². The van der Waals surface area contributed by atoms with Gasteiger partial charge in [0.15, 0.2) is 0 Å². The molecule has 0 bridgehead atoms. The molecule has 5 heteroatoms. The predicted molar refractivity (Wildman–Crippen MR) is 95.4 cm³/mol. The maximum atomic E-state index is 12.0. The van der Waals surface area contributed by atoms with E-state index in [-0.39, 0.29) is 5.91 Å². The van der Waals surface area contributed by atoms with E-state index in [0.29, 0.717) is 0 Å². The molecule has 0 fully saturated rings. The molecule has 0 spiro atoms. The van der Waals surface area contributed by atoms with Crippen LogP contribution in [0.4, 0.5) is 0 Å². The zero-order chi connectivity index (χ0) is 17.6. The third kappa shape index (κ3) is 5.20. The van der Waals surface area contributed by atoms with Gasteiger partial charge in [0.1, 0.15) is 11.5 Å². The van der Waals surface area contributed by atoms with Crippen LogP contribution < -0.4 is 5.73 Å². The van der Waals surface area contributed by atoms with Gasteiger partial charge in [0.05, 0.1) is 5.54 Å². The highest BCUT2D eigenvalue weighted by atomic mass is 16.5. The molecule has 0 atom stereocenters. The lowest BCUT2D eigenvalue weighted by Gasteiger charge is -2.25. The number of benzene rings is 1. The SMILES string of the molecule is CN(CCCCCc1cc(-c2ccccc2)no1)C(=O)C(C)(C)N. The molecule has 0 aliphatic carbocycles. The van der Waals surface area contributed by atoms with Crippen molar-refractivity contribution in [2.45, 2.75) is 45.1 Å². The monoisotopic (exact) mass is 329 g/mol. The smallest absolute Gasteiger partial charge is 0.241 e. The van der Waals surface area contributed by atoms with Gasteiger partial charge in [0, 0.05) is 31.6 Å². The van der Waals surface area contributed by atoms with Crippen molar-refractivity contribution in [1.29, 1.82) is 0 Å². The molecule has 130 valence electrons. The maximum Gasteiger partial charge on any atom is 0.241 e. The summed E-state index contributed by atoms with van der Waals surface area (Å²) in [5, 5.41) is 4.12. The Balaban J connectivity index is 1.70. The van der Waals surface area contributed by atoms with Gasteiger partial charge >= 0.3 is 0 Å². The normalized spacial score (nSPS) is 11.5. The number of unbranched alkanes of at least 4 members (excludes halogenated alkanes) is 2. The van der Waals surface area contributed by atoms with Crippen LogP contribution in [0.5, 0.6) is 0 Å². The molecule has 24 heavy (non-hydrogen) atoms. The number of carbonyl (C=O) groups is 1. The van der Waals surface area contributed by atoms with Crippen LogP contribution in [-0.4, -0.2) is 35.1 Å². The number of aromatic nitrogens is 1. The van der Waals surface area contributed by atoms with Gasteiger partial charge in [-0.25, -0.2) is 0 Å². The Hall–Kier alpha value is -2.14. The van der Waals surface area contributed by atoms with Crippen molar-refractivity contribution in [2.75, 3.05) is 13.6 Å². The molecule has 0 aliphatic heterocycles. The van der Waals surface area contributed by atoms with Crippen molar-refractivity contribution in [3.05, 3.63) is 42.2 Å². The van der Waals surface area contributed by atoms with E-state index in [4.69, 9.17) is 10.3 Å². The predicted octanol–water partition coefficient (Wildman–Crippen LogP) is 3.25. The van der Waals surface area contributed by atoms with Gasteiger partial charge in [-0.3, -0.25) is 4.79 Å². The number of hydrogen-bond acceptors (Lipinski definition) is 4. The summed E-state index contributed by atoms with van der Waals surface area (Å²) in [5.74, 6) is 0.881. The molecule has 1 heterocycles. The first kappa shape index (κ1) is 18.2. The molecule has 0 aliphatic rings. The molecule has 0 saturated carbocycles. The van der Waals surface area contributed by atoms with Crippen LogP contribution in [0, 0.1) is 0 Å². The van der Waals surface area contributed by atoms with E-state index in [1.807, 2.05) is 36.4 Å². The van der Waals surface area contributed by atoms with Crippen LogP contribution in [0.15, 0.2) is 40.9 Å². The number of aryl methyl sites for hydroxylation is 1. The summed E-state index contributed by atoms with van der Waals surface area (Å²) in [5.41, 5.74) is 6.97. The van der Waals surface area contributed by atoms with Gasteiger partial charge in [-0.05, 0) is 26.7 Å². The number of nitrogens with two attached hydrogens (primary N) is 1. The summed E-state index contributed by atoms with van der Waals surface area (Å²) in [7, 11) is 1.81.